The first-order valence-electron chi connectivity index (χ1n) is 6.59. The molecule has 0 amide bonds. The Kier molecular flexibility index (Phi) is 4.92. The van der Waals surface area contributed by atoms with Crippen LogP contribution in [0.2, 0.25) is 0 Å². The summed E-state index contributed by atoms with van der Waals surface area (Å²) in [5.41, 5.74) is 0. The van der Waals surface area contributed by atoms with Crippen molar-refractivity contribution in [2.45, 2.75) is 11.3 Å². The lowest BCUT2D eigenvalue weighted by atomic mass is 10.4. The number of carbonyl (C=O) groups is 1. The Hall–Kier alpha value is -1.51. The molecule has 0 bridgehead atoms. The second-order valence-corrected chi connectivity index (χ2v) is 6.82. The van der Waals surface area contributed by atoms with Gasteiger partial charge in [0.1, 0.15) is 5.82 Å². The number of hydrogen-bond acceptors (Lipinski definition) is 4. The molecule has 0 saturated carbocycles. The molecule has 0 aliphatic carbocycles. The minimum Gasteiger partial charge on any atom is -0.480 e. The minimum absolute atomic E-state index is 0.0515. The molecule has 0 spiro atoms. The number of rotatable bonds is 4. The molecule has 6 nitrogen and oxygen atoms in total. The Labute approximate surface area is 122 Å². The van der Waals surface area contributed by atoms with Gasteiger partial charge in [0.25, 0.3) is 0 Å². The van der Waals surface area contributed by atoms with E-state index in [1.165, 1.54) is 16.4 Å². The van der Waals surface area contributed by atoms with E-state index in [0.717, 1.165) is 12.1 Å². The van der Waals surface area contributed by atoms with Crippen LogP contribution in [0, 0.1) is 5.82 Å². The standard InChI is InChI=1S/C13H17FN2O4S/c14-11-2-4-12(5-3-11)21(19,20)16-7-1-6-15(8-9-16)10-13(17)18/h2-5H,1,6-10H2,(H,17,18). The van der Waals surface area contributed by atoms with Crippen LogP contribution < -0.4 is 0 Å². The number of hydrogen-bond donors (Lipinski definition) is 1. The van der Waals surface area contributed by atoms with Gasteiger partial charge in [0.15, 0.2) is 0 Å². The summed E-state index contributed by atoms with van der Waals surface area (Å²) in [6, 6.07) is 4.71. The molecule has 0 unspecified atom stereocenters. The van der Waals surface area contributed by atoms with Crippen molar-refractivity contribution in [3.05, 3.63) is 30.1 Å². The highest BCUT2D eigenvalue weighted by Crippen LogP contribution is 2.18. The Morgan fingerprint density at radius 3 is 2.43 bits per heavy atom. The first-order chi connectivity index (χ1) is 9.89. The largest absolute Gasteiger partial charge is 0.480 e. The summed E-state index contributed by atoms with van der Waals surface area (Å²) in [6.07, 6.45) is 0.563. The molecule has 1 saturated heterocycles. The normalized spacial score (nSPS) is 18.3. The van der Waals surface area contributed by atoms with Crippen molar-refractivity contribution < 1.29 is 22.7 Å². The zero-order chi connectivity index (χ0) is 15.5. The number of carboxylic acid groups (broad SMARTS) is 1. The molecule has 0 radical (unpaired) electrons. The summed E-state index contributed by atoms with van der Waals surface area (Å²) >= 11 is 0. The molecule has 1 aliphatic heterocycles. The fourth-order valence-electron chi connectivity index (χ4n) is 2.29. The van der Waals surface area contributed by atoms with Crippen LogP contribution in [0.1, 0.15) is 6.42 Å². The number of sulfonamides is 1. The van der Waals surface area contributed by atoms with Gasteiger partial charge < -0.3 is 5.11 Å². The second kappa shape index (κ2) is 6.50. The molecule has 1 aromatic carbocycles. The van der Waals surface area contributed by atoms with Crippen LogP contribution in [0.25, 0.3) is 0 Å². The summed E-state index contributed by atoms with van der Waals surface area (Å²) in [5, 5.41) is 8.78. The summed E-state index contributed by atoms with van der Waals surface area (Å²) < 4.78 is 39.1. The number of aliphatic carboxylic acids is 1. The molecule has 1 aliphatic rings. The number of benzene rings is 1. The summed E-state index contributed by atoms with van der Waals surface area (Å²) in [5.74, 6) is -1.41. The fourth-order valence-corrected chi connectivity index (χ4v) is 3.76. The monoisotopic (exact) mass is 316 g/mol. The van der Waals surface area contributed by atoms with Gasteiger partial charge in [0.05, 0.1) is 11.4 Å². The molecule has 1 heterocycles. The van der Waals surface area contributed by atoms with Gasteiger partial charge in [0, 0.05) is 26.2 Å². The Balaban J connectivity index is 2.10. The van der Waals surface area contributed by atoms with Gasteiger partial charge in [-0.2, -0.15) is 4.31 Å². The molecular formula is C13H17FN2O4S. The van der Waals surface area contributed by atoms with Gasteiger partial charge in [0.2, 0.25) is 10.0 Å². The van der Waals surface area contributed by atoms with Gasteiger partial charge in [-0.25, -0.2) is 12.8 Å². The molecular weight excluding hydrogens is 299 g/mol. The van der Waals surface area contributed by atoms with E-state index in [9.17, 15) is 17.6 Å². The number of halogens is 1. The zero-order valence-corrected chi connectivity index (χ0v) is 12.2. The van der Waals surface area contributed by atoms with Crippen LogP contribution in [0.5, 0.6) is 0 Å². The van der Waals surface area contributed by atoms with Crippen molar-refractivity contribution in [1.29, 1.82) is 0 Å². The summed E-state index contributed by atoms with van der Waals surface area (Å²) in [4.78, 5) is 12.5. The zero-order valence-electron chi connectivity index (χ0n) is 11.4. The van der Waals surface area contributed by atoms with E-state index in [-0.39, 0.29) is 18.0 Å². The SMILES string of the molecule is O=C(O)CN1CCCN(S(=O)(=O)c2ccc(F)cc2)CC1. The highest BCUT2D eigenvalue weighted by molar-refractivity contribution is 7.89. The van der Waals surface area contributed by atoms with Crippen LogP contribution in [-0.4, -0.2) is 61.4 Å². The van der Waals surface area contributed by atoms with E-state index in [1.807, 2.05) is 0 Å². The lowest BCUT2D eigenvalue weighted by Crippen LogP contribution is -2.36. The lowest BCUT2D eigenvalue weighted by Gasteiger charge is -2.20. The van der Waals surface area contributed by atoms with Gasteiger partial charge in [-0.15, -0.1) is 0 Å². The van der Waals surface area contributed by atoms with Crippen molar-refractivity contribution in [3.8, 4) is 0 Å². The van der Waals surface area contributed by atoms with Crippen LogP contribution in [0.4, 0.5) is 4.39 Å². The quantitative estimate of drug-likeness (QED) is 0.880. The molecule has 1 N–H and O–H groups in total. The highest BCUT2D eigenvalue weighted by atomic mass is 32.2. The average molecular weight is 316 g/mol. The third kappa shape index (κ3) is 3.99. The molecule has 21 heavy (non-hydrogen) atoms. The molecule has 1 aromatic rings. The average Bonchev–Trinajstić information content (AvgIpc) is 2.64. The maximum absolute atomic E-state index is 12.9. The number of nitrogens with zero attached hydrogens (tertiary/aromatic N) is 2. The van der Waals surface area contributed by atoms with Gasteiger partial charge >= 0.3 is 5.97 Å². The smallest absolute Gasteiger partial charge is 0.317 e. The van der Waals surface area contributed by atoms with E-state index >= 15 is 0 Å². The lowest BCUT2D eigenvalue weighted by molar-refractivity contribution is -0.138. The maximum atomic E-state index is 12.9. The van der Waals surface area contributed by atoms with Crippen molar-refractivity contribution >= 4 is 16.0 Å². The van der Waals surface area contributed by atoms with Crippen molar-refractivity contribution in [2.24, 2.45) is 0 Å². The first kappa shape index (κ1) is 15.9. The molecule has 8 heteroatoms. The van der Waals surface area contributed by atoms with E-state index in [1.54, 1.807) is 4.90 Å². The number of carboxylic acids is 1. The molecule has 116 valence electrons. The van der Waals surface area contributed by atoms with E-state index in [4.69, 9.17) is 5.11 Å². The highest BCUT2D eigenvalue weighted by Gasteiger charge is 2.27. The molecule has 0 atom stereocenters. The summed E-state index contributed by atoms with van der Waals surface area (Å²) in [7, 11) is -3.66. The van der Waals surface area contributed by atoms with Gasteiger partial charge in [-0.05, 0) is 30.7 Å². The minimum atomic E-state index is -3.66. The first-order valence-corrected chi connectivity index (χ1v) is 8.03. The van der Waals surface area contributed by atoms with Crippen LogP contribution in [0.15, 0.2) is 29.2 Å². The fraction of sp³-hybridized carbons (Fsp3) is 0.462. The predicted octanol–water partition coefficient (Wildman–Crippen LogP) is 0.607. The van der Waals surface area contributed by atoms with E-state index < -0.39 is 21.8 Å². The van der Waals surface area contributed by atoms with Crippen LogP contribution >= 0.6 is 0 Å². The Bertz CT molecular complexity index is 603. The molecule has 1 fully saturated rings. The van der Waals surface area contributed by atoms with E-state index in [2.05, 4.69) is 0 Å². The van der Waals surface area contributed by atoms with Crippen molar-refractivity contribution in [3.63, 3.8) is 0 Å². The van der Waals surface area contributed by atoms with Crippen LogP contribution in [0.3, 0.4) is 0 Å². The molecule has 2 rings (SSSR count). The van der Waals surface area contributed by atoms with Crippen molar-refractivity contribution in [1.82, 2.24) is 9.21 Å². The summed E-state index contributed by atoms with van der Waals surface area (Å²) in [6.45, 7) is 1.38. The Morgan fingerprint density at radius 2 is 1.81 bits per heavy atom. The van der Waals surface area contributed by atoms with Crippen LogP contribution in [-0.2, 0) is 14.8 Å². The molecule has 0 aromatic heterocycles. The maximum Gasteiger partial charge on any atom is 0.317 e. The third-order valence-corrected chi connectivity index (χ3v) is 5.27. The van der Waals surface area contributed by atoms with Crippen molar-refractivity contribution in [2.75, 3.05) is 32.7 Å². The van der Waals surface area contributed by atoms with E-state index in [0.29, 0.717) is 26.1 Å². The van der Waals surface area contributed by atoms with Gasteiger partial charge in [-0.3, -0.25) is 9.69 Å². The third-order valence-electron chi connectivity index (χ3n) is 3.36. The predicted molar refractivity (Wildman–Crippen MR) is 73.9 cm³/mol. The Morgan fingerprint density at radius 1 is 1.14 bits per heavy atom. The second-order valence-electron chi connectivity index (χ2n) is 4.88. The van der Waals surface area contributed by atoms with Gasteiger partial charge in [-0.1, -0.05) is 0 Å². The topological polar surface area (TPSA) is 77.9 Å².